The van der Waals surface area contributed by atoms with Crippen LogP contribution in [-0.4, -0.2) is 16.2 Å². The minimum atomic E-state index is -1.17. The lowest BCUT2D eigenvalue weighted by atomic mass is 10.1. The van der Waals surface area contributed by atoms with Crippen LogP contribution in [0.2, 0.25) is 5.02 Å². The largest absolute Gasteiger partial charge is 0.475 e. The molecule has 0 bridgehead atoms. The monoisotopic (exact) mass is 266 g/mol. The predicted octanol–water partition coefficient (Wildman–Crippen LogP) is 3.02. The molecule has 0 spiro atoms. The van der Waals surface area contributed by atoms with Crippen molar-refractivity contribution in [2.45, 2.75) is 13.0 Å². The number of carboxylic acid groups (broad SMARTS) is 1. The second-order valence-electron chi connectivity index (χ2n) is 3.92. The van der Waals surface area contributed by atoms with Gasteiger partial charge in [-0.1, -0.05) is 23.7 Å². The van der Waals surface area contributed by atoms with Crippen LogP contribution in [0.3, 0.4) is 0 Å². The highest BCUT2D eigenvalue weighted by atomic mass is 35.5. The van der Waals surface area contributed by atoms with E-state index in [4.69, 9.17) is 21.1 Å². The van der Waals surface area contributed by atoms with Gasteiger partial charge in [-0.05, 0) is 36.2 Å². The number of aliphatic hydroxyl groups excluding tert-OH is 1. The molecule has 4 nitrogen and oxygen atoms in total. The van der Waals surface area contributed by atoms with Crippen LogP contribution in [-0.2, 0) is 0 Å². The Balaban J connectivity index is 2.31. The molecule has 2 aromatic rings. The Morgan fingerprint density at radius 2 is 2.06 bits per heavy atom. The summed E-state index contributed by atoms with van der Waals surface area (Å²) >= 11 is 5.97. The van der Waals surface area contributed by atoms with Crippen molar-refractivity contribution < 1.29 is 19.4 Å². The van der Waals surface area contributed by atoms with Gasteiger partial charge in [-0.25, -0.2) is 4.79 Å². The fourth-order valence-electron chi connectivity index (χ4n) is 1.56. The summed E-state index contributed by atoms with van der Waals surface area (Å²) in [7, 11) is 0. The first kappa shape index (κ1) is 12.7. The zero-order chi connectivity index (χ0) is 13.3. The summed E-state index contributed by atoms with van der Waals surface area (Å²) in [6.07, 6.45) is -1.03. The average molecular weight is 267 g/mol. The lowest BCUT2D eigenvalue weighted by Gasteiger charge is -2.09. The van der Waals surface area contributed by atoms with Gasteiger partial charge in [0.15, 0.2) is 0 Å². The number of aryl methyl sites for hydroxylation is 1. The number of aliphatic hydroxyl groups is 1. The molecule has 1 unspecified atom stereocenters. The van der Waals surface area contributed by atoms with E-state index in [1.807, 2.05) is 6.92 Å². The first-order chi connectivity index (χ1) is 8.49. The van der Waals surface area contributed by atoms with Gasteiger partial charge in [-0.3, -0.25) is 0 Å². The number of furan rings is 1. The minimum Gasteiger partial charge on any atom is -0.475 e. The molecule has 18 heavy (non-hydrogen) atoms. The van der Waals surface area contributed by atoms with E-state index >= 15 is 0 Å². The third-order valence-corrected chi connectivity index (χ3v) is 3.03. The Labute approximate surface area is 108 Å². The van der Waals surface area contributed by atoms with Crippen LogP contribution >= 0.6 is 11.6 Å². The van der Waals surface area contributed by atoms with E-state index in [0.29, 0.717) is 10.6 Å². The van der Waals surface area contributed by atoms with E-state index < -0.39 is 12.1 Å². The summed E-state index contributed by atoms with van der Waals surface area (Å²) in [5, 5.41) is 19.3. The third kappa shape index (κ3) is 2.39. The Hall–Kier alpha value is -1.78. The standard InChI is InChI=1S/C13H11ClO4/c1-7-2-3-8(6-9(7)14)12(15)10-4-5-11(18-10)13(16)17/h2-6,12,15H,1H3,(H,16,17). The molecule has 2 rings (SSSR count). The van der Waals surface area contributed by atoms with Crippen LogP contribution in [0, 0.1) is 6.92 Å². The molecule has 0 saturated heterocycles. The van der Waals surface area contributed by atoms with Crippen LogP contribution in [0.4, 0.5) is 0 Å². The van der Waals surface area contributed by atoms with E-state index in [-0.39, 0.29) is 11.5 Å². The van der Waals surface area contributed by atoms with Crippen molar-refractivity contribution in [2.75, 3.05) is 0 Å². The zero-order valence-corrected chi connectivity index (χ0v) is 10.3. The predicted molar refractivity (Wildman–Crippen MR) is 65.9 cm³/mol. The number of aromatic carboxylic acids is 1. The molecule has 0 aliphatic carbocycles. The first-order valence-electron chi connectivity index (χ1n) is 5.26. The first-order valence-corrected chi connectivity index (χ1v) is 5.64. The molecule has 2 N–H and O–H groups in total. The second kappa shape index (κ2) is 4.84. The number of carboxylic acids is 1. The van der Waals surface area contributed by atoms with Crippen LogP contribution in [0.15, 0.2) is 34.7 Å². The van der Waals surface area contributed by atoms with Crippen LogP contribution < -0.4 is 0 Å². The zero-order valence-electron chi connectivity index (χ0n) is 9.55. The molecule has 0 aliphatic heterocycles. The van der Waals surface area contributed by atoms with Crippen LogP contribution in [0.5, 0.6) is 0 Å². The van der Waals surface area contributed by atoms with Gasteiger partial charge < -0.3 is 14.6 Å². The Morgan fingerprint density at radius 3 is 2.61 bits per heavy atom. The SMILES string of the molecule is Cc1ccc(C(O)c2ccc(C(=O)O)o2)cc1Cl. The van der Waals surface area contributed by atoms with E-state index in [0.717, 1.165) is 5.56 Å². The Morgan fingerprint density at radius 1 is 1.33 bits per heavy atom. The van der Waals surface area contributed by atoms with E-state index in [9.17, 15) is 9.90 Å². The van der Waals surface area contributed by atoms with Crippen LogP contribution in [0.1, 0.15) is 33.5 Å². The quantitative estimate of drug-likeness (QED) is 0.896. The molecule has 94 valence electrons. The molecule has 1 aromatic carbocycles. The summed E-state index contributed by atoms with van der Waals surface area (Å²) in [5.74, 6) is -1.20. The van der Waals surface area contributed by atoms with Crippen molar-refractivity contribution in [3.05, 3.63) is 58.0 Å². The van der Waals surface area contributed by atoms with E-state index in [2.05, 4.69) is 0 Å². The van der Waals surface area contributed by atoms with Gasteiger partial charge in [-0.2, -0.15) is 0 Å². The van der Waals surface area contributed by atoms with Crippen molar-refractivity contribution in [3.63, 3.8) is 0 Å². The van der Waals surface area contributed by atoms with E-state index in [1.54, 1.807) is 18.2 Å². The van der Waals surface area contributed by atoms with Crippen LogP contribution in [0.25, 0.3) is 0 Å². The number of carbonyl (C=O) groups is 1. The van der Waals surface area contributed by atoms with E-state index in [1.165, 1.54) is 12.1 Å². The summed E-state index contributed by atoms with van der Waals surface area (Å²) in [5.41, 5.74) is 1.45. The smallest absolute Gasteiger partial charge is 0.371 e. The maximum absolute atomic E-state index is 10.7. The maximum atomic E-state index is 10.7. The number of rotatable bonds is 3. The number of benzene rings is 1. The normalized spacial score (nSPS) is 12.4. The molecular formula is C13H11ClO4. The molecule has 0 aliphatic rings. The molecule has 1 heterocycles. The Kier molecular flexibility index (Phi) is 3.41. The number of hydrogen-bond donors (Lipinski definition) is 2. The molecular weight excluding hydrogens is 256 g/mol. The van der Waals surface area contributed by atoms with Crippen molar-refractivity contribution in [3.8, 4) is 0 Å². The van der Waals surface area contributed by atoms with Gasteiger partial charge >= 0.3 is 5.97 Å². The lowest BCUT2D eigenvalue weighted by Crippen LogP contribution is -1.99. The third-order valence-electron chi connectivity index (χ3n) is 2.62. The molecule has 0 fully saturated rings. The van der Waals surface area contributed by atoms with Crippen molar-refractivity contribution in [1.29, 1.82) is 0 Å². The highest BCUT2D eigenvalue weighted by Crippen LogP contribution is 2.27. The second-order valence-corrected chi connectivity index (χ2v) is 4.33. The summed E-state index contributed by atoms with van der Waals surface area (Å²) in [6, 6.07) is 7.86. The molecule has 5 heteroatoms. The van der Waals surface area contributed by atoms with Crippen molar-refractivity contribution in [1.82, 2.24) is 0 Å². The molecule has 0 amide bonds. The lowest BCUT2D eigenvalue weighted by molar-refractivity contribution is 0.0655. The van der Waals surface area contributed by atoms with Gasteiger partial charge in [0.1, 0.15) is 11.9 Å². The summed E-state index contributed by atoms with van der Waals surface area (Å²) in [6.45, 7) is 1.86. The highest BCUT2D eigenvalue weighted by molar-refractivity contribution is 6.31. The molecule has 0 saturated carbocycles. The Bertz CT molecular complexity index is 588. The fourth-order valence-corrected chi connectivity index (χ4v) is 1.75. The van der Waals surface area contributed by atoms with Crippen molar-refractivity contribution in [2.24, 2.45) is 0 Å². The average Bonchev–Trinajstić information content (AvgIpc) is 2.81. The fraction of sp³-hybridized carbons (Fsp3) is 0.154. The number of hydrogen-bond acceptors (Lipinski definition) is 3. The summed E-state index contributed by atoms with van der Waals surface area (Å²) < 4.78 is 5.04. The van der Waals surface area contributed by atoms with Crippen molar-refractivity contribution >= 4 is 17.6 Å². The van der Waals surface area contributed by atoms with Gasteiger partial charge in [-0.15, -0.1) is 0 Å². The van der Waals surface area contributed by atoms with Gasteiger partial charge in [0.05, 0.1) is 0 Å². The molecule has 1 atom stereocenters. The maximum Gasteiger partial charge on any atom is 0.371 e. The summed E-state index contributed by atoms with van der Waals surface area (Å²) in [4.78, 5) is 10.7. The topological polar surface area (TPSA) is 70.7 Å². The van der Waals surface area contributed by atoms with Gasteiger partial charge in [0.2, 0.25) is 5.76 Å². The van der Waals surface area contributed by atoms with Gasteiger partial charge in [0.25, 0.3) is 0 Å². The molecule has 0 radical (unpaired) electrons. The highest BCUT2D eigenvalue weighted by Gasteiger charge is 2.17. The number of halogens is 1. The molecule has 1 aromatic heterocycles. The minimum absolute atomic E-state index is 0.173. The van der Waals surface area contributed by atoms with Gasteiger partial charge in [0, 0.05) is 5.02 Å².